The van der Waals surface area contributed by atoms with Crippen molar-refractivity contribution in [3.05, 3.63) is 82.6 Å². The Balaban J connectivity index is 2.11. The van der Waals surface area contributed by atoms with Crippen LogP contribution >= 0.6 is 11.3 Å². The summed E-state index contributed by atoms with van der Waals surface area (Å²) in [7, 11) is 0. The van der Waals surface area contributed by atoms with Crippen LogP contribution in [0.4, 0.5) is 0 Å². The van der Waals surface area contributed by atoms with Crippen LogP contribution in [0, 0.1) is 0 Å². The fraction of sp³-hybridized carbons (Fsp3) is 0.0526. The summed E-state index contributed by atoms with van der Waals surface area (Å²) in [4.78, 5) is 0.983. The molecule has 0 saturated carbocycles. The molecule has 21 heavy (non-hydrogen) atoms. The second-order valence-electron chi connectivity index (χ2n) is 5.15. The average Bonchev–Trinajstić information content (AvgIpc) is 3.06. The Bertz CT molecular complexity index is 855. The van der Waals surface area contributed by atoms with Crippen molar-refractivity contribution in [1.82, 2.24) is 0 Å². The summed E-state index contributed by atoms with van der Waals surface area (Å²) in [5.41, 5.74) is 1.01. The summed E-state index contributed by atoms with van der Waals surface area (Å²) >= 11 is 1.59. The molecule has 2 heteroatoms. The summed E-state index contributed by atoms with van der Waals surface area (Å²) in [5, 5.41) is 17.5. The van der Waals surface area contributed by atoms with E-state index in [9.17, 15) is 5.11 Å². The molecule has 4 rings (SSSR count). The maximum atomic E-state index is 10.9. The minimum absolute atomic E-state index is 0.582. The van der Waals surface area contributed by atoms with Crippen molar-refractivity contribution >= 4 is 32.9 Å². The van der Waals surface area contributed by atoms with Gasteiger partial charge in [-0.2, -0.15) is 0 Å². The van der Waals surface area contributed by atoms with Gasteiger partial charge in [0.2, 0.25) is 0 Å². The third-order valence-electron chi connectivity index (χ3n) is 3.90. The first-order valence-electron chi connectivity index (χ1n) is 6.96. The van der Waals surface area contributed by atoms with Crippen molar-refractivity contribution in [3.63, 3.8) is 0 Å². The summed E-state index contributed by atoms with van der Waals surface area (Å²) in [6, 6.07) is 22.7. The Morgan fingerprint density at radius 1 is 0.762 bits per heavy atom. The van der Waals surface area contributed by atoms with E-state index in [0.717, 1.165) is 21.2 Å². The number of benzene rings is 3. The molecule has 0 fully saturated rings. The van der Waals surface area contributed by atoms with E-state index < -0.39 is 6.10 Å². The monoisotopic (exact) mass is 290 g/mol. The van der Waals surface area contributed by atoms with Gasteiger partial charge in [0.1, 0.15) is 6.10 Å². The molecular formula is C19H14OS. The lowest BCUT2D eigenvalue weighted by atomic mass is 9.93. The highest BCUT2D eigenvalue weighted by Gasteiger charge is 2.17. The number of aliphatic hydroxyl groups excluding tert-OH is 1. The quantitative estimate of drug-likeness (QED) is 0.507. The van der Waals surface area contributed by atoms with Crippen molar-refractivity contribution in [1.29, 1.82) is 0 Å². The third kappa shape index (κ3) is 2.04. The molecule has 0 saturated heterocycles. The highest BCUT2D eigenvalue weighted by Crippen LogP contribution is 2.36. The SMILES string of the molecule is O[C@@H](c1cccs1)c1c2ccccc2cc2ccccc12. The largest absolute Gasteiger partial charge is 0.383 e. The highest BCUT2D eigenvalue weighted by molar-refractivity contribution is 7.10. The van der Waals surface area contributed by atoms with Gasteiger partial charge in [-0.05, 0) is 39.1 Å². The molecule has 0 aliphatic rings. The lowest BCUT2D eigenvalue weighted by Crippen LogP contribution is -1.99. The summed E-state index contributed by atoms with van der Waals surface area (Å²) in [6.07, 6.45) is -0.582. The Kier molecular flexibility index (Phi) is 2.99. The number of rotatable bonds is 2. The van der Waals surface area contributed by atoms with Gasteiger partial charge < -0.3 is 5.11 Å². The molecule has 0 aliphatic heterocycles. The van der Waals surface area contributed by atoms with Crippen LogP contribution in [-0.4, -0.2) is 5.11 Å². The lowest BCUT2D eigenvalue weighted by molar-refractivity contribution is 0.227. The zero-order chi connectivity index (χ0) is 14.2. The molecule has 0 spiro atoms. The Hall–Kier alpha value is -2.16. The molecule has 0 amide bonds. The molecule has 1 nitrogen and oxygen atoms in total. The Labute approximate surface area is 127 Å². The molecule has 1 atom stereocenters. The predicted octanol–water partition coefficient (Wildman–Crippen LogP) is 5.14. The number of aliphatic hydroxyl groups is 1. The topological polar surface area (TPSA) is 20.2 Å². The van der Waals surface area contributed by atoms with Gasteiger partial charge in [-0.15, -0.1) is 11.3 Å². The summed E-state index contributed by atoms with van der Waals surface area (Å²) in [5.74, 6) is 0. The van der Waals surface area contributed by atoms with E-state index in [1.165, 1.54) is 10.8 Å². The number of fused-ring (bicyclic) bond motifs is 2. The lowest BCUT2D eigenvalue weighted by Gasteiger charge is -2.16. The normalized spacial score (nSPS) is 12.8. The van der Waals surface area contributed by atoms with Crippen molar-refractivity contribution in [3.8, 4) is 0 Å². The van der Waals surface area contributed by atoms with E-state index in [1.54, 1.807) is 11.3 Å². The average molecular weight is 290 g/mol. The second-order valence-corrected chi connectivity index (χ2v) is 6.13. The van der Waals surface area contributed by atoms with Gasteiger partial charge in [0, 0.05) is 10.4 Å². The maximum absolute atomic E-state index is 10.9. The van der Waals surface area contributed by atoms with Crippen LogP contribution in [0.25, 0.3) is 21.5 Å². The number of hydrogen-bond acceptors (Lipinski definition) is 2. The van der Waals surface area contributed by atoms with Gasteiger partial charge >= 0.3 is 0 Å². The molecule has 102 valence electrons. The molecule has 0 unspecified atom stereocenters. The zero-order valence-corrected chi connectivity index (χ0v) is 12.2. The first-order valence-corrected chi connectivity index (χ1v) is 7.84. The molecule has 0 bridgehead atoms. The maximum Gasteiger partial charge on any atom is 0.114 e. The fourth-order valence-electron chi connectivity index (χ4n) is 2.93. The molecular weight excluding hydrogens is 276 g/mol. The van der Waals surface area contributed by atoms with E-state index in [4.69, 9.17) is 0 Å². The van der Waals surface area contributed by atoms with Gasteiger partial charge in [0.25, 0.3) is 0 Å². The van der Waals surface area contributed by atoms with Crippen molar-refractivity contribution in [2.45, 2.75) is 6.10 Å². The fourth-order valence-corrected chi connectivity index (χ4v) is 3.65. The molecule has 0 aliphatic carbocycles. The van der Waals surface area contributed by atoms with Crippen LogP contribution in [0.2, 0.25) is 0 Å². The molecule has 4 aromatic rings. The van der Waals surface area contributed by atoms with Gasteiger partial charge in [-0.3, -0.25) is 0 Å². The van der Waals surface area contributed by atoms with Crippen molar-refractivity contribution in [2.75, 3.05) is 0 Å². The first-order chi connectivity index (χ1) is 10.3. The third-order valence-corrected chi connectivity index (χ3v) is 4.82. The predicted molar refractivity (Wildman–Crippen MR) is 89.8 cm³/mol. The minimum Gasteiger partial charge on any atom is -0.383 e. The first kappa shape index (κ1) is 12.6. The van der Waals surface area contributed by atoms with E-state index >= 15 is 0 Å². The van der Waals surface area contributed by atoms with Crippen LogP contribution in [0.5, 0.6) is 0 Å². The smallest absolute Gasteiger partial charge is 0.114 e. The molecule has 3 aromatic carbocycles. The van der Waals surface area contributed by atoms with Crippen LogP contribution in [-0.2, 0) is 0 Å². The Morgan fingerprint density at radius 3 is 1.95 bits per heavy atom. The van der Waals surface area contributed by atoms with Crippen LogP contribution in [0.15, 0.2) is 72.1 Å². The van der Waals surface area contributed by atoms with E-state index in [1.807, 2.05) is 41.8 Å². The minimum atomic E-state index is -0.582. The van der Waals surface area contributed by atoms with Crippen molar-refractivity contribution in [2.24, 2.45) is 0 Å². The Morgan fingerprint density at radius 2 is 1.38 bits per heavy atom. The molecule has 1 heterocycles. The number of hydrogen-bond donors (Lipinski definition) is 1. The van der Waals surface area contributed by atoms with E-state index in [0.29, 0.717) is 0 Å². The van der Waals surface area contributed by atoms with Gasteiger partial charge in [-0.25, -0.2) is 0 Å². The van der Waals surface area contributed by atoms with Gasteiger partial charge in [0.05, 0.1) is 0 Å². The van der Waals surface area contributed by atoms with Crippen molar-refractivity contribution < 1.29 is 5.11 Å². The van der Waals surface area contributed by atoms with E-state index in [2.05, 4.69) is 30.3 Å². The van der Waals surface area contributed by atoms with Gasteiger partial charge in [-0.1, -0.05) is 54.6 Å². The van der Waals surface area contributed by atoms with E-state index in [-0.39, 0.29) is 0 Å². The molecule has 1 N–H and O–H groups in total. The highest BCUT2D eigenvalue weighted by atomic mass is 32.1. The van der Waals surface area contributed by atoms with Crippen LogP contribution in [0.1, 0.15) is 16.5 Å². The number of thiophene rings is 1. The molecule has 1 aromatic heterocycles. The van der Waals surface area contributed by atoms with Gasteiger partial charge in [0.15, 0.2) is 0 Å². The molecule has 0 radical (unpaired) electrons. The zero-order valence-electron chi connectivity index (χ0n) is 11.4. The second kappa shape index (κ2) is 4.99. The van der Waals surface area contributed by atoms with Crippen LogP contribution in [0.3, 0.4) is 0 Å². The summed E-state index contributed by atoms with van der Waals surface area (Å²) in [6.45, 7) is 0. The standard InChI is InChI=1S/C19H14OS/c20-19(17-10-5-11-21-17)18-15-8-3-1-6-13(15)12-14-7-2-4-9-16(14)18/h1-12,19-20H/t19-/m0/s1. The summed E-state index contributed by atoms with van der Waals surface area (Å²) < 4.78 is 0. The van der Waals surface area contributed by atoms with Crippen LogP contribution < -0.4 is 0 Å².